The van der Waals surface area contributed by atoms with E-state index in [4.69, 9.17) is 15.2 Å². The van der Waals surface area contributed by atoms with Gasteiger partial charge in [-0.3, -0.25) is 0 Å². The number of esters is 1. The summed E-state index contributed by atoms with van der Waals surface area (Å²) in [7, 11) is 0. The molecule has 3 rings (SSSR count). The van der Waals surface area contributed by atoms with E-state index in [0.717, 1.165) is 11.3 Å². The molecule has 1 heterocycles. The molecule has 0 aliphatic heterocycles. The molecule has 0 atom stereocenters. The Kier molecular flexibility index (Phi) is 5.78. The lowest BCUT2D eigenvalue weighted by molar-refractivity contribution is -0.147. The normalized spacial score (nSPS) is 10.3. The SMILES string of the molecule is Cc1cccc(OCC(=O)OCc2nc(N)nc(Nc3ccccc3)n2)c1. The summed E-state index contributed by atoms with van der Waals surface area (Å²) in [5.74, 6) is 0.616. The van der Waals surface area contributed by atoms with Crippen LogP contribution in [0.4, 0.5) is 17.6 Å². The van der Waals surface area contributed by atoms with Gasteiger partial charge in [-0.1, -0.05) is 30.3 Å². The highest BCUT2D eigenvalue weighted by molar-refractivity contribution is 5.71. The number of aryl methyl sites for hydroxylation is 1. The minimum Gasteiger partial charge on any atom is -0.482 e. The molecule has 27 heavy (non-hydrogen) atoms. The lowest BCUT2D eigenvalue weighted by Crippen LogP contribution is -2.16. The highest BCUT2D eigenvalue weighted by Gasteiger charge is 2.09. The zero-order valence-corrected chi connectivity index (χ0v) is 14.8. The van der Waals surface area contributed by atoms with Crippen molar-refractivity contribution in [2.75, 3.05) is 17.7 Å². The molecule has 0 radical (unpaired) electrons. The first-order valence-corrected chi connectivity index (χ1v) is 8.26. The van der Waals surface area contributed by atoms with Crippen LogP contribution < -0.4 is 15.8 Å². The van der Waals surface area contributed by atoms with Crippen molar-refractivity contribution >= 4 is 23.6 Å². The third-order valence-electron chi connectivity index (χ3n) is 3.44. The van der Waals surface area contributed by atoms with Gasteiger partial charge < -0.3 is 20.5 Å². The minimum absolute atomic E-state index is 0.0329. The fourth-order valence-corrected chi connectivity index (χ4v) is 2.24. The molecule has 0 saturated heterocycles. The van der Waals surface area contributed by atoms with Crippen LogP contribution in [-0.2, 0) is 16.1 Å². The Labute approximate surface area is 156 Å². The number of carbonyl (C=O) groups excluding carboxylic acids is 1. The molecule has 0 aliphatic rings. The molecule has 2 aromatic carbocycles. The quantitative estimate of drug-likeness (QED) is 0.615. The van der Waals surface area contributed by atoms with Crippen LogP contribution in [0.15, 0.2) is 54.6 Å². The summed E-state index contributed by atoms with van der Waals surface area (Å²) in [4.78, 5) is 24.1. The second kappa shape index (κ2) is 8.61. The number of aromatic nitrogens is 3. The predicted molar refractivity (Wildman–Crippen MR) is 100 cm³/mol. The lowest BCUT2D eigenvalue weighted by Gasteiger charge is -2.09. The van der Waals surface area contributed by atoms with Crippen LogP contribution in [0, 0.1) is 6.92 Å². The zero-order valence-electron chi connectivity index (χ0n) is 14.8. The van der Waals surface area contributed by atoms with Gasteiger partial charge in [0.2, 0.25) is 11.9 Å². The van der Waals surface area contributed by atoms with Crippen LogP contribution in [0.3, 0.4) is 0 Å². The van der Waals surface area contributed by atoms with E-state index in [1.807, 2.05) is 55.5 Å². The van der Waals surface area contributed by atoms with Gasteiger partial charge >= 0.3 is 5.97 Å². The molecule has 8 heteroatoms. The number of rotatable bonds is 7. The van der Waals surface area contributed by atoms with E-state index in [1.54, 1.807) is 6.07 Å². The molecular formula is C19H19N5O3. The molecule has 8 nitrogen and oxygen atoms in total. The second-order valence-corrected chi connectivity index (χ2v) is 5.69. The summed E-state index contributed by atoms with van der Waals surface area (Å²) in [5, 5.41) is 3.02. The first kappa shape index (κ1) is 18.1. The maximum atomic E-state index is 11.9. The Morgan fingerprint density at radius 1 is 1.07 bits per heavy atom. The molecule has 0 aliphatic carbocycles. The third kappa shape index (κ3) is 5.67. The van der Waals surface area contributed by atoms with Crippen molar-refractivity contribution in [3.8, 4) is 5.75 Å². The third-order valence-corrected chi connectivity index (χ3v) is 3.44. The first-order chi connectivity index (χ1) is 13.1. The molecule has 0 bridgehead atoms. The number of carbonyl (C=O) groups is 1. The Morgan fingerprint density at radius 3 is 2.67 bits per heavy atom. The molecule has 1 aromatic heterocycles. The van der Waals surface area contributed by atoms with E-state index in [2.05, 4.69) is 20.3 Å². The van der Waals surface area contributed by atoms with Crippen molar-refractivity contribution in [2.45, 2.75) is 13.5 Å². The number of hydrogen-bond donors (Lipinski definition) is 2. The van der Waals surface area contributed by atoms with E-state index < -0.39 is 5.97 Å². The number of hydrogen-bond acceptors (Lipinski definition) is 8. The van der Waals surface area contributed by atoms with Crippen molar-refractivity contribution in [1.82, 2.24) is 15.0 Å². The number of nitrogen functional groups attached to an aromatic ring is 1. The summed E-state index contributed by atoms with van der Waals surface area (Å²) < 4.78 is 10.5. The number of anilines is 3. The molecule has 0 unspecified atom stereocenters. The summed E-state index contributed by atoms with van der Waals surface area (Å²) in [6.07, 6.45) is 0. The van der Waals surface area contributed by atoms with E-state index in [9.17, 15) is 4.79 Å². The van der Waals surface area contributed by atoms with Gasteiger partial charge in [0, 0.05) is 5.69 Å². The molecule has 138 valence electrons. The first-order valence-electron chi connectivity index (χ1n) is 8.26. The fraction of sp³-hybridized carbons (Fsp3) is 0.158. The molecule has 0 saturated carbocycles. The maximum absolute atomic E-state index is 11.9. The van der Waals surface area contributed by atoms with Crippen LogP contribution in [0.5, 0.6) is 5.75 Å². The van der Waals surface area contributed by atoms with Gasteiger partial charge in [-0.15, -0.1) is 0 Å². The highest BCUT2D eigenvalue weighted by Crippen LogP contribution is 2.14. The summed E-state index contributed by atoms with van der Waals surface area (Å²) in [6.45, 7) is 1.60. The predicted octanol–water partition coefficient (Wildman–Crippen LogP) is 2.63. The average Bonchev–Trinajstić information content (AvgIpc) is 2.65. The summed E-state index contributed by atoms with van der Waals surface area (Å²) in [6, 6.07) is 16.8. The van der Waals surface area contributed by atoms with Crippen molar-refractivity contribution in [2.24, 2.45) is 0 Å². The number of ether oxygens (including phenoxy) is 2. The van der Waals surface area contributed by atoms with E-state index in [0.29, 0.717) is 5.75 Å². The van der Waals surface area contributed by atoms with E-state index >= 15 is 0 Å². The van der Waals surface area contributed by atoms with E-state index in [1.165, 1.54) is 0 Å². The number of benzene rings is 2. The molecule has 3 N–H and O–H groups in total. The van der Waals surface area contributed by atoms with Crippen LogP contribution in [0.2, 0.25) is 0 Å². The Morgan fingerprint density at radius 2 is 1.89 bits per heavy atom. The number of nitrogens with zero attached hydrogens (tertiary/aromatic N) is 3. The minimum atomic E-state index is -0.534. The Hall–Kier alpha value is -3.68. The van der Waals surface area contributed by atoms with E-state index in [-0.39, 0.29) is 30.9 Å². The van der Waals surface area contributed by atoms with Gasteiger partial charge in [-0.2, -0.15) is 15.0 Å². The monoisotopic (exact) mass is 365 g/mol. The number of para-hydroxylation sites is 1. The van der Waals surface area contributed by atoms with Crippen LogP contribution in [0.25, 0.3) is 0 Å². The van der Waals surface area contributed by atoms with Gasteiger partial charge in [-0.25, -0.2) is 4.79 Å². The van der Waals surface area contributed by atoms with Gasteiger partial charge in [0.05, 0.1) is 0 Å². The van der Waals surface area contributed by atoms with Crippen LogP contribution in [0.1, 0.15) is 11.4 Å². The summed E-state index contributed by atoms with van der Waals surface area (Å²) in [5.41, 5.74) is 7.55. The van der Waals surface area contributed by atoms with Crippen molar-refractivity contribution in [3.05, 3.63) is 66.0 Å². The highest BCUT2D eigenvalue weighted by atomic mass is 16.6. The molecule has 0 fully saturated rings. The maximum Gasteiger partial charge on any atom is 0.344 e. The number of nitrogens with one attached hydrogen (secondary N) is 1. The van der Waals surface area contributed by atoms with Gasteiger partial charge in [0.1, 0.15) is 5.75 Å². The van der Waals surface area contributed by atoms with Gasteiger partial charge in [-0.05, 0) is 36.8 Å². The standard InChI is InChI=1S/C19H19N5O3/c1-13-6-5-9-15(10-13)26-12-17(25)27-11-16-22-18(20)24-19(23-16)21-14-7-3-2-4-8-14/h2-10H,11-12H2,1H3,(H3,20,21,22,23,24). The fourth-order valence-electron chi connectivity index (χ4n) is 2.24. The lowest BCUT2D eigenvalue weighted by atomic mass is 10.2. The van der Waals surface area contributed by atoms with Gasteiger partial charge in [0.15, 0.2) is 19.0 Å². The molecule has 3 aromatic rings. The van der Waals surface area contributed by atoms with Crippen LogP contribution in [-0.4, -0.2) is 27.5 Å². The van der Waals surface area contributed by atoms with Crippen molar-refractivity contribution in [1.29, 1.82) is 0 Å². The number of nitrogens with two attached hydrogens (primary N) is 1. The molecule has 0 spiro atoms. The van der Waals surface area contributed by atoms with Crippen molar-refractivity contribution < 1.29 is 14.3 Å². The Bertz CT molecular complexity index is 918. The van der Waals surface area contributed by atoms with Crippen LogP contribution >= 0.6 is 0 Å². The Balaban J connectivity index is 1.54. The molecular weight excluding hydrogens is 346 g/mol. The molecule has 0 amide bonds. The topological polar surface area (TPSA) is 112 Å². The average molecular weight is 365 g/mol. The zero-order chi connectivity index (χ0) is 19.1. The largest absolute Gasteiger partial charge is 0.482 e. The van der Waals surface area contributed by atoms with Crippen molar-refractivity contribution in [3.63, 3.8) is 0 Å². The smallest absolute Gasteiger partial charge is 0.344 e. The van der Waals surface area contributed by atoms with Gasteiger partial charge in [0.25, 0.3) is 0 Å². The summed E-state index contributed by atoms with van der Waals surface area (Å²) >= 11 is 0. The second-order valence-electron chi connectivity index (χ2n) is 5.69.